The molecule has 2 rings (SSSR count). The number of aromatic nitrogens is 1. The molecule has 2 aromatic rings. The van der Waals surface area contributed by atoms with Crippen LogP contribution in [0.5, 0.6) is 0 Å². The molecule has 1 aromatic heterocycles. The number of nitrogens with zero attached hydrogens (tertiary/aromatic N) is 1. The average molecular weight is 400 g/mol. The normalized spacial score (nSPS) is 10.3. The topological polar surface area (TPSA) is 62.2 Å². The van der Waals surface area contributed by atoms with Crippen molar-refractivity contribution in [3.05, 3.63) is 56.2 Å². The van der Waals surface area contributed by atoms with Crippen LogP contribution in [0.15, 0.2) is 39.4 Å². The lowest BCUT2D eigenvalue weighted by atomic mass is 10.1. The van der Waals surface area contributed by atoms with Crippen molar-refractivity contribution in [3.63, 3.8) is 0 Å². The highest BCUT2D eigenvalue weighted by Crippen LogP contribution is 2.22. The van der Waals surface area contributed by atoms with Crippen molar-refractivity contribution >= 4 is 43.5 Å². The molecule has 0 aliphatic carbocycles. The first-order valence-corrected chi connectivity index (χ1v) is 7.43. The number of benzene rings is 1. The van der Waals surface area contributed by atoms with Gasteiger partial charge in [-0.25, -0.2) is 4.79 Å². The number of pyridine rings is 1. The Morgan fingerprint density at radius 1 is 1.35 bits per heavy atom. The van der Waals surface area contributed by atoms with Gasteiger partial charge in [0.1, 0.15) is 0 Å². The number of carboxylic acid groups (broad SMARTS) is 1. The molecule has 0 saturated carbocycles. The number of carbonyl (C=O) groups is 1. The van der Waals surface area contributed by atoms with E-state index in [2.05, 4.69) is 42.2 Å². The molecule has 0 bridgehead atoms. The molecule has 4 nitrogen and oxygen atoms in total. The zero-order valence-corrected chi connectivity index (χ0v) is 13.8. The summed E-state index contributed by atoms with van der Waals surface area (Å²) >= 11 is 6.82. The van der Waals surface area contributed by atoms with Crippen LogP contribution in [0.4, 0.5) is 5.69 Å². The molecule has 1 heterocycles. The molecular formula is C14H12Br2N2O2. The van der Waals surface area contributed by atoms with Gasteiger partial charge in [-0.3, -0.25) is 4.98 Å². The van der Waals surface area contributed by atoms with E-state index in [1.54, 1.807) is 24.4 Å². The van der Waals surface area contributed by atoms with Gasteiger partial charge in [-0.05, 0) is 68.6 Å². The number of aromatic carboxylic acids is 1. The minimum absolute atomic E-state index is 0.288. The minimum Gasteiger partial charge on any atom is -0.478 e. The quantitative estimate of drug-likeness (QED) is 0.807. The average Bonchev–Trinajstić information content (AvgIpc) is 2.38. The van der Waals surface area contributed by atoms with Crippen LogP contribution in [-0.4, -0.2) is 16.1 Å². The van der Waals surface area contributed by atoms with E-state index in [0.717, 1.165) is 25.9 Å². The lowest BCUT2D eigenvalue weighted by Crippen LogP contribution is -2.05. The molecule has 0 saturated heterocycles. The molecule has 2 N–H and O–H groups in total. The summed E-state index contributed by atoms with van der Waals surface area (Å²) in [7, 11) is 0. The number of hydrogen-bond donors (Lipinski definition) is 2. The van der Waals surface area contributed by atoms with Gasteiger partial charge in [0, 0.05) is 20.8 Å². The Balaban J connectivity index is 2.13. The number of anilines is 1. The van der Waals surface area contributed by atoms with E-state index in [-0.39, 0.29) is 5.56 Å². The molecule has 0 aliphatic rings. The maximum Gasteiger partial charge on any atom is 0.335 e. The number of nitrogens with one attached hydrogen (secondary N) is 1. The summed E-state index contributed by atoms with van der Waals surface area (Å²) in [6.45, 7) is 2.43. The van der Waals surface area contributed by atoms with E-state index >= 15 is 0 Å². The Morgan fingerprint density at radius 2 is 2.10 bits per heavy atom. The Morgan fingerprint density at radius 3 is 2.70 bits per heavy atom. The molecule has 0 aliphatic heterocycles. The zero-order valence-electron chi connectivity index (χ0n) is 10.7. The lowest BCUT2D eigenvalue weighted by Gasteiger charge is -2.11. The Hall–Kier alpha value is -1.40. The SMILES string of the molecule is Cc1cc(C(=O)O)ccc1NCc1ncc(Br)cc1Br. The van der Waals surface area contributed by atoms with Crippen molar-refractivity contribution < 1.29 is 9.90 Å². The van der Waals surface area contributed by atoms with Gasteiger partial charge < -0.3 is 10.4 Å². The largest absolute Gasteiger partial charge is 0.478 e. The van der Waals surface area contributed by atoms with E-state index in [0.29, 0.717) is 6.54 Å². The Labute approximate surface area is 133 Å². The van der Waals surface area contributed by atoms with Crippen molar-refractivity contribution in [3.8, 4) is 0 Å². The minimum atomic E-state index is -0.919. The van der Waals surface area contributed by atoms with Crippen LogP contribution in [0.3, 0.4) is 0 Å². The second kappa shape index (κ2) is 6.37. The predicted octanol–water partition coefficient (Wildman–Crippen LogP) is 4.23. The number of rotatable bonds is 4. The Kier molecular flexibility index (Phi) is 4.77. The van der Waals surface area contributed by atoms with Gasteiger partial charge >= 0.3 is 5.97 Å². The Bertz CT molecular complexity index is 660. The standard InChI is InChI=1S/C14H12Br2N2O2/c1-8-4-9(14(19)20)2-3-12(8)18-7-13-11(16)5-10(15)6-17-13/h2-6,18H,7H2,1H3,(H,19,20). The third kappa shape index (κ3) is 3.58. The van der Waals surface area contributed by atoms with Crippen molar-refractivity contribution in [2.24, 2.45) is 0 Å². The van der Waals surface area contributed by atoms with E-state index in [9.17, 15) is 4.79 Å². The number of aryl methyl sites for hydroxylation is 1. The van der Waals surface area contributed by atoms with Gasteiger partial charge in [-0.2, -0.15) is 0 Å². The fraction of sp³-hybridized carbons (Fsp3) is 0.143. The summed E-state index contributed by atoms with van der Waals surface area (Å²) in [5.74, 6) is -0.919. The van der Waals surface area contributed by atoms with E-state index in [4.69, 9.17) is 5.11 Å². The second-order valence-corrected chi connectivity index (χ2v) is 6.04. The monoisotopic (exact) mass is 398 g/mol. The van der Waals surface area contributed by atoms with Crippen LogP contribution >= 0.6 is 31.9 Å². The highest BCUT2D eigenvalue weighted by atomic mass is 79.9. The third-order valence-corrected chi connectivity index (χ3v) is 3.92. The number of halogens is 2. The summed E-state index contributed by atoms with van der Waals surface area (Å²) in [5, 5.41) is 12.2. The molecule has 20 heavy (non-hydrogen) atoms. The van der Waals surface area contributed by atoms with Gasteiger partial charge in [0.05, 0.1) is 17.8 Å². The fourth-order valence-corrected chi connectivity index (χ4v) is 2.87. The van der Waals surface area contributed by atoms with E-state index in [1.807, 2.05) is 13.0 Å². The molecule has 0 unspecified atom stereocenters. The van der Waals surface area contributed by atoms with Crippen LogP contribution in [0.1, 0.15) is 21.6 Å². The first-order valence-electron chi connectivity index (χ1n) is 5.85. The van der Waals surface area contributed by atoms with Crippen LogP contribution in [0.2, 0.25) is 0 Å². The summed E-state index contributed by atoms with van der Waals surface area (Å²) in [4.78, 5) is 15.2. The predicted molar refractivity (Wildman–Crippen MR) is 85.1 cm³/mol. The van der Waals surface area contributed by atoms with Gasteiger partial charge in [-0.1, -0.05) is 0 Å². The maximum absolute atomic E-state index is 10.9. The van der Waals surface area contributed by atoms with Gasteiger partial charge in [-0.15, -0.1) is 0 Å². The fourth-order valence-electron chi connectivity index (χ4n) is 1.75. The maximum atomic E-state index is 10.9. The second-order valence-electron chi connectivity index (χ2n) is 4.27. The number of hydrogen-bond acceptors (Lipinski definition) is 3. The molecule has 0 amide bonds. The molecule has 0 radical (unpaired) electrons. The highest BCUT2D eigenvalue weighted by molar-refractivity contribution is 9.11. The lowest BCUT2D eigenvalue weighted by molar-refractivity contribution is 0.0697. The first-order chi connectivity index (χ1) is 9.47. The molecule has 1 aromatic carbocycles. The molecule has 0 spiro atoms. The van der Waals surface area contributed by atoms with Crippen LogP contribution < -0.4 is 5.32 Å². The smallest absolute Gasteiger partial charge is 0.335 e. The molecule has 0 fully saturated rings. The molecular weight excluding hydrogens is 388 g/mol. The van der Waals surface area contributed by atoms with Crippen molar-refractivity contribution in [2.45, 2.75) is 13.5 Å². The van der Waals surface area contributed by atoms with Crippen LogP contribution in [-0.2, 0) is 6.54 Å². The summed E-state index contributed by atoms with van der Waals surface area (Å²) < 4.78 is 1.83. The first kappa shape index (κ1) is 15.0. The van der Waals surface area contributed by atoms with Gasteiger partial charge in [0.2, 0.25) is 0 Å². The van der Waals surface area contributed by atoms with Gasteiger partial charge in [0.25, 0.3) is 0 Å². The highest BCUT2D eigenvalue weighted by Gasteiger charge is 2.07. The summed E-state index contributed by atoms with van der Waals surface area (Å²) in [6, 6.07) is 6.94. The third-order valence-electron chi connectivity index (χ3n) is 2.80. The van der Waals surface area contributed by atoms with E-state index < -0.39 is 5.97 Å². The van der Waals surface area contributed by atoms with Gasteiger partial charge in [0.15, 0.2) is 0 Å². The van der Waals surface area contributed by atoms with Crippen molar-refractivity contribution in [1.82, 2.24) is 4.98 Å². The van der Waals surface area contributed by atoms with E-state index in [1.165, 1.54) is 0 Å². The summed E-state index contributed by atoms with van der Waals surface area (Å²) in [6.07, 6.45) is 1.74. The molecule has 0 atom stereocenters. The van der Waals surface area contributed by atoms with Crippen LogP contribution in [0, 0.1) is 6.92 Å². The van der Waals surface area contributed by atoms with Crippen molar-refractivity contribution in [2.75, 3.05) is 5.32 Å². The number of carboxylic acids is 1. The van der Waals surface area contributed by atoms with Crippen LogP contribution in [0.25, 0.3) is 0 Å². The van der Waals surface area contributed by atoms with Crippen molar-refractivity contribution in [1.29, 1.82) is 0 Å². The molecule has 104 valence electrons. The zero-order chi connectivity index (χ0) is 14.7. The summed E-state index contributed by atoms with van der Waals surface area (Å²) in [5.41, 5.74) is 2.95. The molecule has 6 heteroatoms.